The molecule has 2 atom stereocenters. The van der Waals surface area contributed by atoms with Gasteiger partial charge in [-0.2, -0.15) is 0 Å². The summed E-state index contributed by atoms with van der Waals surface area (Å²) in [5.74, 6) is -0.0716. The minimum Gasteiger partial charge on any atom is -0.361 e. The Morgan fingerprint density at radius 2 is 2.25 bits per heavy atom. The van der Waals surface area contributed by atoms with Crippen molar-refractivity contribution in [3.05, 3.63) is 53.8 Å². The van der Waals surface area contributed by atoms with E-state index in [1.165, 1.54) is 22.0 Å². The van der Waals surface area contributed by atoms with Gasteiger partial charge in [-0.05, 0) is 43.0 Å². The number of carbonyl (C=O) groups is 1. The Morgan fingerprint density at radius 1 is 1.50 bits per heavy atom. The molecule has 0 radical (unpaired) electrons. The van der Waals surface area contributed by atoms with Crippen LogP contribution >= 0.6 is 0 Å². The first-order chi connectivity index (χ1) is 13.3. The number of aromatic amines is 1. The van der Waals surface area contributed by atoms with Gasteiger partial charge in [0, 0.05) is 49.7 Å². The van der Waals surface area contributed by atoms with Crippen molar-refractivity contribution < 1.29 is 4.79 Å². The number of carbonyl (C=O) groups excluding carboxylic acids is 1. The lowest BCUT2D eigenvalue weighted by Crippen LogP contribution is -2.63. The number of nitrogens with zero attached hydrogens (tertiary/aromatic N) is 2. The van der Waals surface area contributed by atoms with Crippen molar-refractivity contribution in [3.63, 3.8) is 0 Å². The lowest BCUT2D eigenvalue weighted by Gasteiger charge is -2.49. The van der Waals surface area contributed by atoms with Gasteiger partial charge < -0.3 is 15.6 Å². The molecule has 1 aromatic carbocycles. The summed E-state index contributed by atoms with van der Waals surface area (Å²) in [6, 6.07) is 4.46. The zero-order valence-electron chi connectivity index (χ0n) is 17.2. The van der Waals surface area contributed by atoms with Gasteiger partial charge >= 0.3 is 0 Å². The van der Waals surface area contributed by atoms with E-state index in [0.717, 1.165) is 17.6 Å². The summed E-state index contributed by atoms with van der Waals surface area (Å²) < 4.78 is 0. The van der Waals surface area contributed by atoms with Gasteiger partial charge in [-0.1, -0.05) is 24.3 Å². The molecule has 2 aliphatic rings. The number of amides is 1. The molecule has 0 bridgehead atoms. The van der Waals surface area contributed by atoms with Crippen LogP contribution in [0.25, 0.3) is 16.5 Å². The number of aryl methyl sites for hydroxylation is 1. The van der Waals surface area contributed by atoms with E-state index in [0.29, 0.717) is 13.1 Å². The highest BCUT2D eigenvalue weighted by Gasteiger charge is 2.46. The van der Waals surface area contributed by atoms with Crippen LogP contribution in [0.3, 0.4) is 0 Å². The number of fused-ring (bicyclic) bond motifs is 2. The summed E-state index contributed by atoms with van der Waals surface area (Å²) in [7, 11) is 1.88. The molecule has 1 aliphatic carbocycles. The van der Waals surface area contributed by atoms with Crippen molar-refractivity contribution in [2.75, 3.05) is 20.1 Å². The quantitative estimate of drug-likeness (QED) is 0.804. The van der Waals surface area contributed by atoms with E-state index in [1.807, 2.05) is 31.9 Å². The first-order valence-electron chi connectivity index (χ1n) is 10.0. The van der Waals surface area contributed by atoms with Crippen LogP contribution < -0.4 is 5.73 Å². The van der Waals surface area contributed by atoms with Crippen molar-refractivity contribution in [1.29, 1.82) is 0 Å². The van der Waals surface area contributed by atoms with Gasteiger partial charge in [0.1, 0.15) is 0 Å². The molecule has 2 aromatic rings. The Morgan fingerprint density at radius 3 is 2.93 bits per heavy atom. The van der Waals surface area contributed by atoms with Gasteiger partial charge in [0.15, 0.2) is 0 Å². The third-order valence-electron chi connectivity index (χ3n) is 6.48. The number of hydrogen-bond donors (Lipinski definition) is 2. The molecule has 148 valence electrons. The highest BCUT2D eigenvalue weighted by Crippen LogP contribution is 2.45. The van der Waals surface area contributed by atoms with Crippen molar-refractivity contribution >= 4 is 22.4 Å². The Bertz CT molecular complexity index is 986. The molecular formula is C23H30N4O. The van der Waals surface area contributed by atoms with E-state index in [-0.39, 0.29) is 17.9 Å². The Labute approximate surface area is 166 Å². The molecule has 5 nitrogen and oxygen atoms in total. The Hall–Kier alpha value is -2.37. The third-order valence-corrected chi connectivity index (χ3v) is 6.48. The minimum absolute atomic E-state index is 0.141. The number of rotatable bonds is 4. The summed E-state index contributed by atoms with van der Waals surface area (Å²) >= 11 is 0. The molecular weight excluding hydrogens is 348 g/mol. The maximum atomic E-state index is 13.1. The maximum absolute atomic E-state index is 13.1. The van der Waals surface area contributed by atoms with E-state index in [2.05, 4.69) is 47.8 Å². The van der Waals surface area contributed by atoms with Crippen molar-refractivity contribution in [2.24, 2.45) is 11.7 Å². The van der Waals surface area contributed by atoms with Crippen LogP contribution in [0.5, 0.6) is 0 Å². The number of nitrogens with two attached hydrogens (primary N) is 1. The van der Waals surface area contributed by atoms with Gasteiger partial charge in [-0.15, -0.1) is 6.58 Å². The standard InChI is InChI=1S/C23H30N4O/c1-6-9-27-13-16(22(28)26(5)14(2)3)10-19-18-8-7-15(4)21-20(18)17(12-25-21)11-23(19,27)24/h6-8,10,12,14,16,25H,1,9,11,13,24H2,2-5H3. The fourth-order valence-corrected chi connectivity index (χ4v) is 4.67. The molecule has 2 unspecified atom stereocenters. The molecule has 28 heavy (non-hydrogen) atoms. The van der Waals surface area contributed by atoms with Crippen molar-refractivity contribution in [1.82, 2.24) is 14.8 Å². The number of nitrogens with one attached hydrogen (secondary N) is 1. The van der Waals surface area contributed by atoms with Crippen LogP contribution in [0.1, 0.15) is 30.5 Å². The third kappa shape index (κ3) is 2.65. The summed E-state index contributed by atoms with van der Waals surface area (Å²) in [6.45, 7) is 11.4. The first kappa shape index (κ1) is 19.0. The topological polar surface area (TPSA) is 65.4 Å². The van der Waals surface area contributed by atoms with E-state index in [9.17, 15) is 4.79 Å². The first-order valence-corrected chi connectivity index (χ1v) is 10.0. The molecule has 1 aliphatic heterocycles. The maximum Gasteiger partial charge on any atom is 0.230 e. The number of aromatic nitrogens is 1. The second-order valence-electron chi connectivity index (χ2n) is 8.52. The second kappa shape index (κ2) is 6.61. The molecule has 1 amide bonds. The predicted molar refractivity (Wildman–Crippen MR) is 115 cm³/mol. The average Bonchev–Trinajstić information content (AvgIpc) is 3.08. The molecule has 0 spiro atoms. The highest BCUT2D eigenvalue weighted by molar-refractivity contribution is 6.01. The van der Waals surface area contributed by atoms with Crippen LogP contribution in [-0.4, -0.2) is 52.5 Å². The van der Waals surface area contributed by atoms with Gasteiger partial charge in [0.25, 0.3) is 0 Å². The zero-order chi connectivity index (χ0) is 20.2. The highest BCUT2D eigenvalue weighted by atomic mass is 16.2. The summed E-state index contributed by atoms with van der Waals surface area (Å²) in [4.78, 5) is 20.6. The molecule has 2 heterocycles. The van der Waals surface area contributed by atoms with E-state index < -0.39 is 5.66 Å². The Kier molecular flexibility index (Phi) is 4.47. The van der Waals surface area contributed by atoms with Crippen molar-refractivity contribution in [3.8, 4) is 0 Å². The average molecular weight is 379 g/mol. The minimum atomic E-state index is -0.626. The molecule has 0 saturated heterocycles. The summed E-state index contributed by atoms with van der Waals surface area (Å²) in [5, 5.41) is 1.25. The smallest absolute Gasteiger partial charge is 0.230 e. The Balaban J connectivity index is 1.89. The molecule has 0 fully saturated rings. The predicted octanol–water partition coefficient (Wildman–Crippen LogP) is 3.06. The van der Waals surface area contributed by atoms with E-state index >= 15 is 0 Å². The zero-order valence-corrected chi connectivity index (χ0v) is 17.2. The van der Waals surface area contributed by atoms with E-state index in [4.69, 9.17) is 5.73 Å². The molecule has 0 saturated carbocycles. The van der Waals surface area contributed by atoms with Crippen LogP contribution in [0, 0.1) is 12.8 Å². The van der Waals surface area contributed by atoms with Gasteiger partial charge in [-0.25, -0.2) is 0 Å². The number of H-pyrrole nitrogens is 1. The fourth-order valence-electron chi connectivity index (χ4n) is 4.67. The summed E-state index contributed by atoms with van der Waals surface area (Å²) in [6.07, 6.45) is 6.82. The van der Waals surface area contributed by atoms with Crippen LogP contribution in [0.15, 0.2) is 37.1 Å². The lowest BCUT2D eigenvalue weighted by atomic mass is 9.75. The normalized spacial score (nSPS) is 24.2. The largest absolute Gasteiger partial charge is 0.361 e. The van der Waals surface area contributed by atoms with Crippen LogP contribution in [-0.2, 0) is 11.2 Å². The van der Waals surface area contributed by atoms with Crippen LogP contribution in [0.4, 0.5) is 0 Å². The van der Waals surface area contributed by atoms with Gasteiger partial charge in [-0.3, -0.25) is 9.69 Å². The fraction of sp³-hybridized carbons (Fsp3) is 0.435. The molecule has 5 heteroatoms. The van der Waals surface area contributed by atoms with Gasteiger partial charge in [0.2, 0.25) is 5.91 Å². The second-order valence-corrected chi connectivity index (χ2v) is 8.52. The summed E-state index contributed by atoms with van der Waals surface area (Å²) in [5.41, 5.74) is 12.3. The van der Waals surface area contributed by atoms with E-state index in [1.54, 1.807) is 0 Å². The van der Waals surface area contributed by atoms with Crippen molar-refractivity contribution in [2.45, 2.75) is 38.9 Å². The molecule has 1 aromatic heterocycles. The van der Waals surface area contributed by atoms with Gasteiger partial charge in [0.05, 0.1) is 11.6 Å². The monoisotopic (exact) mass is 378 g/mol. The van der Waals surface area contributed by atoms with Crippen LogP contribution in [0.2, 0.25) is 0 Å². The number of benzene rings is 1. The molecule has 3 N–H and O–H groups in total. The lowest BCUT2D eigenvalue weighted by molar-refractivity contribution is -0.135. The SMILES string of the molecule is C=CCN1CC(C(=O)N(C)C(C)C)C=C2c3ccc(C)c4[nH]cc(c34)CC21N. The molecule has 4 rings (SSSR count). The number of hydrogen-bond acceptors (Lipinski definition) is 3.